The SMILES string of the molecule is CC1C[N+](Cc2ccccc2)=C(c2ccccc2)c2ccccc21. The molecule has 1 unspecified atom stereocenters. The lowest BCUT2D eigenvalue weighted by molar-refractivity contribution is -0.547. The van der Waals surface area contributed by atoms with Crippen LogP contribution in [0.2, 0.25) is 0 Å². The number of hydrogen-bond acceptors (Lipinski definition) is 0. The minimum Gasteiger partial charge on any atom is -0.224 e. The lowest BCUT2D eigenvalue weighted by Crippen LogP contribution is -2.32. The van der Waals surface area contributed by atoms with Crippen LogP contribution in [-0.4, -0.2) is 16.8 Å². The smallest absolute Gasteiger partial charge is 0.215 e. The predicted octanol–water partition coefficient (Wildman–Crippen LogP) is 4.85. The van der Waals surface area contributed by atoms with E-state index in [2.05, 4.69) is 96.4 Å². The van der Waals surface area contributed by atoms with Gasteiger partial charge in [0, 0.05) is 17.0 Å². The highest BCUT2D eigenvalue weighted by atomic mass is 15.0. The first-order valence-electron chi connectivity index (χ1n) is 8.63. The molecule has 1 heterocycles. The fourth-order valence-electron chi connectivity index (χ4n) is 3.71. The summed E-state index contributed by atoms with van der Waals surface area (Å²) >= 11 is 0. The molecular formula is C23H22N+. The minimum atomic E-state index is 0.539. The predicted molar refractivity (Wildman–Crippen MR) is 99.8 cm³/mol. The Balaban J connectivity index is 1.89. The third-order valence-corrected chi connectivity index (χ3v) is 4.82. The Kier molecular flexibility index (Phi) is 4.00. The molecule has 0 amide bonds. The number of benzene rings is 3. The lowest BCUT2D eigenvalue weighted by atomic mass is 9.87. The van der Waals surface area contributed by atoms with Gasteiger partial charge in [0.2, 0.25) is 5.71 Å². The molecule has 0 bridgehead atoms. The molecule has 1 heteroatoms. The van der Waals surface area contributed by atoms with Gasteiger partial charge in [-0.05, 0) is 23.8 Å². The molecular weight excluding hydrogens is 290 g/mol. The second kappa shape index (κ2) is 6.45. The highest BCUT2D eigenvalue weighted by Crippen LogP contribution is 2.28. The van der Waals surface area contributed by atoms with E-state index in [1.807, 2.05) is 0 Å². The van der Waals surface area contributed by atoms with E-state index in [0.29, 0.717) is 5.92 Å². The molecule has 0 spiro atoms. The highest BCUT2D eigenvalue weighted by Gasteiger charge is 2.30. The monoisotopic (exact) mass is 312 g/mol. The molecule has 3 aromatic rings. The van der Waals surface area contributed by atoms with E-state index in [9.17, 15) is 0 Å². The van der Waals surface area contributed by atoms with Crippen molar-refractivity contribution in [3.63, 3.8) is 0 Å². The maximum absolute atomic E-state index is 2.54. The Morgan fingerprint density at radius 3 is 2.17 bits per heavy atom. The molecule has 0 saturated heterocycles. The number of rotatable bonds is 3. The average molecular weight is 312 g/mol. The topological polar surface area (TPSA) is 3.01 Å². The molecule has 1 nitrogen and oxygen atoms in total. The van der Waals surface area contributed by atoms with Gasteiger partial charge in [-0.2, -0.15) is 0 Å². The van der Waals surface area contributed by atoms with Crippen LogP contribution in [0.1, 0.15) is 35.1 Å². The second-order valence-corrected chi connectivity index (χ2v) is 6.57. The fraction of sp³-hybridized carbons (Fsp3) is 0.174. The molecule has 0 fully saturated rings. The van der Waals surface area contributed by atoms with Crippen LogP contribution >= 0.6 is 0 Å². The van der Waals surface area contributed by atoms with Crippen LogP contribution in [0.4, 0.5) is 0 Å². The quantitative estimate of drug-likeness (QED) is 0.608. The summed E-state index contributed by atoms with van der Waals surface area (Å²) in [5, 5.41) is 0. The van der Waals surface area contributed by atoms with Crippen molar-refractivity contribution in [1.82, 2.24) is 0 Å². The first kappa shape index (κ1) is 14.9. The van der Waals surface area contributed by atoms with Crippen LogP contribution in [0, 0.1) is 0 Å². The molecule has 0 saturated carbocycles. The average Bonchev–Trinajstić information content (AvgIpc) is 2.64. The molecule has 1 atom stereocenters. The molecule has 4 rings (SSSR count). The van der Waals surface area contributed by atoms with Crippen molar-refractivity contribution in [3.05, 3.63) is 107 Å². The van der Waals surface area contributed by atoms with Gasteiger partial charge in [-0.15, -0.1) is 0 Å². The maximum atomic E-state index is 2.54. The molecule has 3 aromatic carbocycles. The van der Waals surface area contributed by atoms with E-state index in [4.69, 9.17) is 0 Å². The van der Waals surface area contributed by atoms with Crippen LogP contribution in [0.25, 0.3) is 0 Å². The summed E-state index contributed by atoms with van der Waals surface area (Å²) in [5.74, 6) is 0.539. The lowest BCUT2D eigenvalue weighted by Gasteiger charge is -2.23. The molecule has 0 aromatic heterocycles. The molecule has 1 aliphatic rings. The fourth-order valence-corrected chi connectivity index (χ4v) is 3.71. The van der Waals surface area contributed by atoms with E-state index < -0.39 is 0 Å². The highest BCUT2D eigenvalue weighted by molar-refractivity contribution is 6.11. The molecule has 0 radical (unpaired) electrons. The number of nitrogens with zero attached hydrogens (tertiary/aromatic N) is 1. The van der Waals surface area contributed by atoms with Crippen LogP contribution in [0.5, 0.6) is 0 Å². The zero-order valence-corrected chi connectivity index (χ0v) is 14.0. The summed E-state index contributed by atoms with van der Waals surface area (Å²) < 4.78 is 2.54. The minimum absolute atomic E-state index is 0.539. The number of fused-ring (bicyclic) bond motifs is 1. The van der Waals surface area contributed by atoms with Crippen LogP contribution in [0.15, 0.2) is 84.9 Å². The Bertz CT molecular complexity index is 863. The van der Waals surface area contributed by atoms with Crippen molar-refractivity contribution in [2.75, 3.05) is 6.54 Å². The summed E-state index contributed by atoms with van der Waals surface area (Å²) in [6.45, 7) is 4.33. The van der Waals surface area contributed by atoms with E-state index in [1.54, 1.807) is 0 Å². The van der Waals surface area contributed by atoms with Crippen LogP contribution < -0.4 is 0 Å². The Labute approximate surface area is 143 Å². The molecule has 24 heavy (non-hydrogen) atoms. The largest absolute Gasteiger partial charge is 0.224 e. The summed E-state index contributed by atoms with van der Waals surface area (Å²) in [6, 6.07) is 30.4. The van der Waals surface area contributed by atoms with E-state index >= 15 is 0 Å². The zero-order chi connectivity index (χ0) is 16.4. The van der Waals surface area contributed by atoms with Gasteiger partial charge in [-0.3, -0.25) is 0 Å². The first-order valence-corrected chi connectivity index (χ1v) is 8.63. The molecule has 0 aliphatic carbocycles. The van der Waals surface area contributed by atoms with Gasteiger partial charge >= 0.3 is 0 Å². The van der Waals surface area contributed by atoms with E-state index in [1.165, 1.54) is 28.0 Å². The van der Waals surface area contributed by atoms with Crippen LogP contribution in [0.3, 0.4) is 0 Å². The van der Waals surface area contributed by atoms with Crippen LogP contribution in [-0.2, 0) is 6.54 Å². The van der Waals surface area contributed by atoms with Crippen molar-refractivity contribution in [2.45, 2.75) is 19.4 Å². The normalized spacial score (nSPS) is 16.8. The third-order valence-electron chi connectivity index (χ3n) is 4.82. The Hall–Kier alpha value is -2.67. The summed E-state index contributed by atoms with van der Waals surface area (Å²) in [7, 11) is 0. The first-order chi connectivity index (χ1) is 11.8. The molecule has 0 N–H and O–H groups in total. The second-order valence-electron chi connectivity index (χ2n) is 6.57. The van der Waals surface area contributed by atoms with Gasteiger partial charge in [0.15, 0.2) is 6.54 Å². The van der Waals surface area contributed by atoms with Gasteiger partial charge < -0.3 is 0 Å². The van der Waals surface area contributed by atoms with Gasteiger partial charge in [-0.1, -0.05) is 73.7 Å². The van der Waals surface area contributed by atoms with Crippen molar-refractivity contribution in [2.24, 2.45) is 0 Å². The van der Waals surface area contributed by atoms with Gasteiger partial charge in [0.05, 0.1) is 5.56 Å². The van der Waals surface area contributed by atoms with Crippen molar-refractivity contribution in [1.29, 1.82) is 0 Å². The van der Waals surface area contributed by atoms with Crippen molar-refractivity contribution >= 4 is 5.71 Å². The zero-order valence-electron chi connectivity index (χ0n) is 14.0. The Morgan fingerprint density at radius 2 is 1.42 bits per heavy atom. The van der Waals surface area contributed by atoms with E-state index in [0.717, 1.165) is 13.1 Å². The third kappa shape index (κ3) is 2.78. The summed E-state index contributed by atoms with van der Waals surface area (Å²) in [6.07, 6.45) is 0. The molecule has 118 valence electrons. The maximum Gasteiger partial charge on any atom is 0.215 e. The van der Waals surface area contributed by atoms with Gasteiger partial charge in [0.25, 0.3) is 0 Å². The number of hydrogen-bond donors (Lipinski definition) is 0. The van der Waals surface area contributed by atoms with Gasteiger partial charge in [0.1, 0.15) is 6.54 Å². The van der Waals surface area contributed by atoms with Crippen molar-refractivity contribution in [3.8, 4) is 0 Å². The summed E-state index contributed by atoms with van der Waals surface area (Å²) in [5.41, 5.74) is 6.84. The van der Waals surface area contributed by atoms with Crippen molar-refractivity contribution < 1.29 is 4.58 Å². The molecule has 1 aliphatic heterocycles. The Morgan fingerprint density at radius 1 is 0.792 bits per heavy atom. The standard InChI is InChI=1S/C23H22N/c1-18-16-24(17-19-10-4-2-5-11-19)23(20-12-6-3-7-13-20)22-15-9-8-14-21(18)22/h2-15,18H,16-17H2,1H3/q+1. The van der Waals surface area contributed by atoms with Gasteiger partial charge in [-0.25, -0.2) is 4.58 Å². The van der Waals surface area contributed by atoms with E-state index in [-0.39, 0.29) is 0 Å². The summed E-state index contributed by atoms with van der Waals surface area (Å²) in [4.78, 5) is 0.